The van der Waals surface area contributed by atoms with Crippen LogP contribution in [0.3, 0.4) is 0 Å². The number of carbonyl (C=O) groups excluding carboxylic acids is 1. The Morgan fingerprint density at radius 3 is 2.59 bits per heavy atom. The van der Waals surface area contributed by atoms with E-state index in [1.54, 1.807) is 30.3 Å². The van der Waals surface area contributed by atoms with Gasteiger partial charge in [0.2, 0.25) is 0 Å². The first-order chi connectivity index (χ1) is 13.1. The van der Waals surface area contributed by atoms with Crippen molar-refractivity contribution < 1.29 is 13.9 Å². The van der Waals surface area contributed by atoms with E-state index in [2.05, 4.69) is 21.2 Å². The zero-order valence-corrected chi connectivity index (χ0v) is 16.7. The molecular formula is C22H23BrFNO2. The number of ketones is 1. The molecule has 2 aromatic rings. The normalized spacial score (nSPS) is 21.1. The Balaban J connectivity index is 1.28. The Morgan fingerprint density at radius 2 is 1.89 bits per heavy atom. The first-order valence-electron chi connectivity index (χ1n) is 9.53. The number of halogens is 2. The summed E-state index contributed by atoms with van der Waals surface area (Å²) in [5, 5.41) is 3.53. The first-order valence-corrected chi connectivity index (χ1v) is 10.3. The summed E-state index contributed by atoms with van der Waals surface area (Å²) in [4.78, 5) is 12.5. The predicted molar refractivity (Wildman–Crippen MR) is 107 cm³/mol. The summed E-state index contributed by atoms with van der Waals surface area (Å²) in [7, 11) is 0. The van der Waals surface area contributed by atoms with Gasteiger partial charge in [0.05, 0.1) is 12.2 Å². The molecular weight excluding hydrogens is 409 g/mol. The minimum atomic E-state index is -0.543. The largest absolute Gasteiger partial charge is 0.493 e. The minimum absolute atomic E-state index is 0.0678. The molecule has 3 nitrogen and oxygen atoms in total. The number of benzene rings is 2. The second kappa shape index (κ2) is 8.11. The standard InChI is InChI=1S/C22H23BrFNO2/c23-18-5-3-15(4-6-18)22(26)20-8-7-19(10-21(20)24)27-13-17-9-16(17)12-25-11-14-1-2-14/h3-8,10,14,16-17,25H,1-2,9,11-13H2. The van der Waals surface area contributed by atoms with Crippen LogP contribution in [-0.2, 0) is 0 Å². The zero-order valence-electron chi connectivity index (χ0n) is 15.1. The molecule has 27 heavy (non-hydrogen) atoms. The van der Waals surface area contributed by atoms with Gasteiger partial charge in [-0.25, -0.2) is 4.39 Å². The van der Waals surface area contributed by atoms with Crippen LogP contribution in [0.15, 0.2) is 46.9 Å². The highest BCUT2D eigenvalue weighted by molar-refractivity contribution is 9.10. The maximum Gasteiger partial charge on any atom is 0.195 e. The van der Waals surface area contributed by atoms with Crippen molar-refractivity contribution in [3.05, 3.63) is 63.9 Å². The molecule has 0 saturated heterocycles. The lowest BCUT2D eigenvalue weighted by atomic mass is 10.0. The molecule has 2 atom stereocenters. The second-order valence-corrected chi connectivity index (χ2v) is 8.56. The van der Waals surface area contributed by atoms with Crippen molar-refractivity contribution in [3.8, 4) is 5.75 Å². The van der Waals surface area contributed by atoms with Crippen LogP contribution in [0, 0.1) is 23.6 Å². The Morgan fingerprint density at radius 1 is 1.11 bits per heavy atom. The van der Waals surface area contributed by atoms with E-state index in [0.717, 1.165) is 23.5 Å². The highest BCUT2D eigenvalue weighted by Crippen LogP contribution is 2.38. The molecule has 0 radical (unpaired) electrons. The van der Waals surface area contributed by atoms with Gasteiger partial charge >= 0.3 is 0 Å². The Hall–Kier alpha value is -1.72. The van der Waals surface area contributed by atoms with E-state index >= 15 is 0 Å². The summed E-state index contributed by atoms with van der Waals surface area (Å²) in [6.45, 7) is 2.80. The second-order valence-electron chi connectivity index (χ2n) is 7.65. The summed E-state index contributed by atoms with van der Waals surface area (Å²) in [5.41, 5.74) is 0.531. The van der Waals surface area contributed by atoms with E-state index in [-0.39, 0.29) is 11.3 Å². The van der Waals surface area contributed by atoms with E-state index < -0.39 is 5.82 Å². The molecule has 2 saturated carbocycles. The van der Waals surface area contributed by atoms with Gasteiger partial charge in [0.1, 0.15) is 11.6 Å². The van der Waals surface area contributed by atoms with Crippen molar-refractivity contribution in [2.75, 3.05) is 19.7 Å². The van der Waals surface area contributed by atoms with Crippen LogP contribution >= 0.6 is 15.9 Å². The third-order valence-corrected chi connectivity index (χ3v) is 5.89. The molecule has 1 N–H and O–H groups in total. The fourth-order valence-electron chi connectivity index (χ4n) is 3.29. The Kier molecular flexibility index (Phi) is 5.60. The van der Waals surface area contributed by atoms with E-state index in [1.165, 1.54) is 31.4 Å². The molecule has 4 rings (SSSR count). The van der Waals surface area contributed by atoms with Gasteiger partial charge in [-0.3, -0.25) is 4.79 Å². The van der Waals surface area contributed by atoms with Gasteiger partial charge in [0.15, 0.2) is 5.78 Å². The maximum atomic E-state index is 14.4. The van der Waals surface area contributed by atoms with E-state index in [0.29, 0.717) is 29.8 Å². The highest BCUT2D eigenvalue weighted by Gasteiger charge is 2.37. The van der Waals surface area contributed by atoms with Gasteiger partial charge in [0, 0.05) is 16.1 Å². The summed E-state index contributed by atoms with van der Waals surface area (Å²) in [5.74, 6) is 1.74. The van der Waals surface area contributed by atoms with E-state index in [9.17, 15) is 9.18 Å². The average Bonchev–Trinajstić information content (AvgIpc) is 3.57. The smallest absolute Gasteiger partial charge is 0.195 e. The molecule has 2 aliphatic carbocycles. The van der Waals surface area contributed by atoms with Gasteiger partial charge in [-0.2, -0.15) is 0 Å². The van der Waals surface area contributed by atoms with Crippen molar-refractivity contribution >= 4 is 21.7 Å². The maximum absolute atomic E-state index is 14.4. The number of hydrogen-bond donors (Lipinski definition) is 1. The van der Waals surface area contributed by atoms with Crippen molar-refractivity contribution in [2.24, 2.45) is 17.8 Å². The molecule has 2 aliphatic rings. The summed E-state index contributed by atoms with van der Waals surface area (Å²) < 4.78 is 21.0. The van der Waals surface area contributed by atoms with Gasteiger partial charge in [-0.15, -0.1) is 0 Å². The van der Waals surface area contributed by atoms with Crippen molar-refractivity contribution in [2.45, 2.75) is 19.3 Å². The lowest BCUT2D eigenvalue weighted by Crippen LogP contribution is -2.20. The third-order valence-electron chi connectivity index (χ3n) is 5.36. The van der Waals surface area contributed by atoms with Crippen LogP contribution in [0.4, 0.5) is 4.39 Å². The Bertz CT molecular complexity index is 820. The molecule has 0 amide bonds. The number of hydrogen-bond acceptors (Lipinski definition) is 3. The van der Waals surface area contributed by atoms with Crippen molar-refractivity contribution in [1.29, 1.82) is 0 Å². The molecule has 142 valence electrons. The van der Waals surface area contributed by atoms with Gasteiger partial charge < -0.3 is 10.1 Å². The summed E-state index contributed by atoms with van der Waals surface area (Å²) in [6.07, 6.45) is 3.91. The quantitative estimate of drug-likeness (QED) is 0.577. The highest BCUT2D eigenvalue weighted by atomic mass is 79.9. The molecule has 5 heteroatoms. The Labute approximate surface area is 167 Å². The zero-order chi connectivity index (χ0) is 18.8. The van der Waals surface area contributed by atoms with Gasteiger partial charge in [-0.05, 0) is 86.5 Å². The molecule has 0 bridgehead atoms. The third kappa shape index (κ3) is 4.96. The van der Waals surface area contributed by atoms with Gasteiger partial charge in [0.25, 0.3) is 0 Å². The summed E-state index contributed by atoms with van der Waals surface area (Å²) >= 11 is 3.33. The van der Waals surface area contributed by atoms with Crippen LogP contribution in [0.5, 0.6) is 5.75 Å². The predicted octanol–water partition coefficient (Wildman–Crippen LogP) is 4.83. The topological polar surface area (TPSA) is 38.3 Å². The fraction of sp³-hybridized carbons (Fsp3) is 0.409. The van der Waals surface area contributed by atoms with Crippen LogP contribution < -0.4 is 10.1 Å². The number of ether oxygens (including phenoxy) is 1. The van der Waals surface area contributed by atoms with E-state index in [4.69, 9.17) is 4.74 Å². The monoisotopic (exact) mass is 431 g/mol. The van der Waals surface area contributed by atoms with Crippen molar-refractivity contribution in [1.82, 2.24) is 5.32 Å². The molecule has 0 heterocycles. The van der Waals surface area contributed by atoms with Crippen LogP contribution in [0.1, 0.15) is 35.2 Å². The molecule has 0 spiro atoms. The molecule has 2 aromatic carbocycles. The fourth-order valence-corrected chi connectivity index (χ4v) is 3.55. The first kappa shape index (κ1) is 18.6. The lowest BCUT2D eigenvalue weighted by Gasteiger charge is -2.09. The number of carbonyl (C=O) groups is 1. The SMILES string of the molecule is O=C(c1ccc(Br)cc1)c1ccc(OCC2CC2CNCC2CC2)cc1F. The molecule has 2 unspecified atom stereocenters. The lowest BCUT2D eigenvalue weighted by molar-refractivity contribution is 0.103. The average molecular weight is 432 g/mol. The van der Waals surface area contributed by atoms with Crippen LogP contribution in [-0.4, -0.2) is 25.5 Å². The summed E-state index contributed by atoms with van der Waals surface area (Å²) in [6, 6.07) is 11.4. The van der Waals surface area contributed by atoms with E-state index in [1.807, 2.05) is 0 Å². The molecule has 0 aromatic heterocycles. The number of rotatable bonds is 9. The van der Waals surface area contributed by atoms with Crippen LogP contribution in [0.2, 0.25) is 0 Å². The minimum Gasteiger partial charge on any atom is -0.493 e. The van der Waals surface area contributed by atoms with Crippen LogP contribution in [0.25, 0.3) is 0 Å². The molecule has 2 fully saturated rings. The number of nitrogens with one attached hydrogen (secondary N) is 1. The molecule has 0 aliphatic heterocycles. The van der Waals surface area contributed by atoms with Gasteiger partial charge in [-0.1, -0.05) is 15.9 Å². The van der Waals surface area contributed by atoms with Crippen molar-refractivity contribution in [3.63, 3.8) is 0 Å².